The number of aliphatic carboxylic acids is 1. The number of carboxylic acids is 1. The molecule has 5 heteroatoms. The van der Waals surface area contributed by atoms with Gasteiger partial charge in [0, 0.05) is 13.5 Å². The van der Waals surface area contributed by atoms with Crippen LogP contribution in [-0.4, -0.2) is 20.6 Å². The molecule has 0 spiro atoms. The van der Waals surface area contributed by atoms with Crippen LogP contribution in [0.25, 0.3) is 0 Å². The molecular weight excluding hydrogens is 192 g/mol. The van der Waals surface area contributed by atoms with Gasteiger partial charge in [0.15, 0.2) is 0 Å². The van der Waals surface area contributed by atoms with E-state index in [-0.39, 0.29) is 6.42 Å². The molecule has 72 valence electrons. The Morgan fingerprint density at radius 2 is 2.31 bits per heavy atom. The summed E-state index contributed by atoms with van der Waals surface area (Å²) in [5.41, 5.74) is 0.863. The molecule has 0 aliphatic heterocycles. The van der Waals surface area contributed by atoms with Gasteiger partial charge in [-0.1, -0.05) is 11.6 Å². The standard InChI is InChI=1S/C8H11ClN2O2/c1-5-8(9)10-6(11(5)2)3-4-7(12)13/h3-4H2,1-2H3,(H,12,13). The van der Waals surface area contributed by atoms with Crippen molar-refractivity contribution in [2.75, 3.05) is 0 Å². The first kappa shape index (κ1) is 10.1. The summed E-state index contributed by atoms with van der Waals surface area (Å²) in [6, 6.07) is 0. The van der Waals surface area contributed by atoms with Crippen LogP contribution in [0.2, 0.25) is 5.15 Å². The van der Waals surface area contributed by atoms with E-state index in [0.29, 0.717) is 17.4 Å². The van der Waals surface area contributed by atoms with Crippen LogP contribution < -0.4 is 0 Å². The van der Waals surface area contributed by atoms with E-state index >= 15 is 0 Å². The number of rotatable bonds is 3. The number of aromatic nitrogens is 2. The van der Waals surface area contributed by atoms with Gasteiger partial charge in [-0.05, 0) is 6.92 Å². The summed E-state index contributed by atoms with van der Waals surface area (Å²) in [5, 5.41) is 8.92. The maximum Gasteiger partial charge on any atom is 0.303 e. The summed E-state index contributed by atoms with van der Waals surface area (Å²) in [5.74, 6) is -0.110. The molecule has 0 aliphatic rings. The zero-order chi connectivity index (χ0) is 10.0. The first-order valence-corrected chi connectivity index (χ1v) is 4.29. The summed E-state index contributed by atoms with van der Waals surface area (Å²) in [6.45, 7) is 1.85. The maximum absolute atomic E-state index is 10.3. The topological polar surface area (TPSA) is 55.1 Å². The van der Waals surface area contributed by atoms with Crippen LogP contribution in [0.15, 0.2) is 0 Å². The molecule has 1 rings (SSSR count). The number of nitrogens with zero attached hydrogens (tertiary/aromatic N) is 2. The molecule has 0 atom stereocenters. The Balaban J connectivity index is 2.78. The normalized spacial score (nSPS) is 10.4. The molecule has 1 aromatic heterocycles. The minimum atomic E-state index is -0.822. The molecule has 1 heterocycles. The van der Waals surface area contributed by atoms with Crippen LogP contribution >= 0.6 is 11.6 Å². The molecule has 0 amide bonds. The molecule has 0 aliphatic carbocycles. The molecule has 1 aromatic rings. The zero-order valence-corrected chi connectivity index (χ0v) is 8.30. The number of imidazole rings is 1. The van der Waals surface area contributed by atoms with E-state index in [9.17, 15) is 4.79 Å². The van der Waals surface area contributed by atoms with E-state index < -0.39 is 5.97 Å². The molecular formula is C8H11ClN2O2. The van der Waals surface area contributed by atoms with Crippen molar-refractivity contribution >= 4 is 17.6 Å². The van der Waals surface area contributed by atoms with Crippen LogP contribution in [-0.2, 0) is 18.3 Å². The molecule has 4 nitrogen and oxygen atoms in total. The minimum Gasteiger partial charge on any atom is -0.481 e. The van der Waals surface area contributed by atoms with Gasteiger partial charge in [0.1, 0.15) is 11.0 Å². The summed E-state index contributed by atoms with van der Waals surface area (Å²) in [6.07, 6.45) is 0.500. The molecule has 0 aromatic carbocycles. The average molecular weight is 203 g/mol. The molecule has 13 heavy (non-hydrogen) atoms. The fraction of sp³-hybridized carbons (Fsp3) is 0.500. The monoisotopic (exact) mass is 202 g/mol. The molecule has 0 fully saturated rings. The van der Waals surface area contributed by atoms with Gasteiger partial charge < -0.3 is 9.67 Å². The molecule has 0 unspecified atom stereocenters. The Morgan fingerprint density at radius 3 is 2.69 bits per heavy atom. The molecule has 1 N–H and O–H groups in total. The highest BCUT2D eigenvalue weighted by Crippen LogP contribution is 2.15. The molecule has 0 radical (unpaired) electrons. The van der Waals surface area contributed by atoms with Gasteiger partial charge in [0.25, 0.3) is 0 Å². The zero-order valence-electron chi connectivity index (χ0n) is 7.54. The van der Waals surface area contributed by atoms with Crippen molar-refractivity contribution in [1.29, 1.82) is 0 Å². The Hall–Kier alpha value is -1.03. The lowest BCUT2D eigenvalue weighted by molar-refractivity contribution is -0.137. The summed E-state index contributed by atoms with van der Waals surface area (Å²) < 4.78 is 1.81. The highest BCUT2D eigenvalue weighted by atomic mass is 35.5. The van der Waals surface area contributed by atoms with E-state index in [1.54, 1.807) is 0 Å². The first-order chi connectivity index (χ1) is 6.02. The summed E-state index contributed by atoms with van der Waals surface area (Å²) in [4.78, 5) is 14.4. The molecule has 0 bridgehead atoms. The van der Waals surface area contributed by atoms with Crippen LogP contribution in [0.5, 0.6) is 0 Å². The predicted octanol–water partition coefficient (Wildman–Crippen LogP) is 1.40. The van der Waals surface area contributed by atoms with E-state index in [1.165, 1.54) is 0 Å². The first-order valence-electron chi connectivity index (χ1n) is 3.92. The largest absolute Gasteiger partial charge is 0.481 e. The van der Waals surface area contributed by atoms with Gasteiger partial charge in [0.2, 0.25) is 0 Å². The van der Waals surface area contributed by atoms with Crippen LogP contribution in [0.4, 0.5) is 0 Å². The van der Waals surface area contributed by atoms with Gasteiger partial charge in [-0.2, -0.15) is 0 Å². The third-order valence-corrected chi connectivity index (χ3v) is 2.34. The lowest BCUT2D eigenvalue weighted by Gasteiger charge is -2.00. The number of carboxylic acid groups (broad SMARTS) is 1. The van der Waals surface area contributed by atoms with Crippen molar-refractivity contribution in [2.24, 2.45) is 7.05 Å². The summed E-state index contributed by atoms with van der Waals surface area (Å²) >= 11 is 5.77. The Morgan fingerprint density at radius 1 is 1.69 bits per heavy atom. The third-order valence-electron chi connectivity index (χ3n) is 1.98. The Labute approximate surface area is 81.2 Å². The average Bonchev–Trinajstić information content (AvgIpc) is 2.29. The lowest BCUT2D eigenvalue weighted by Crippen LogP contribution is -2.03. The number of halogens is 1. The highest BCUT2D eigenvalue weighted by molar-refractivity contribution is 6.30. The Bertz CT molecular complexity index is 333. The van der Waals surface area contributed by atoms with Crippen LogP contribution in [0, 0.1) is 6.92 Å². The third kappa shape index (κ3) is 2.21. The van der Waals surface area contributed by atoms with E-state index in [1.807, 2.05) is 18.5 Å². The van der Waals surface area contributed by atoms with E-state index in [4.69, 9.17) is 16.7 Å². The van der Waals surface area contributed by atoms with Crippen LogP contribution in [0.3, 0.4) is 0 Å². The van der Waals surface area contributed by atoms with Crippen molar-refractivity contribution in [1.82, 2.24) is 9.55 Å². The SMILES string of the molecule is Cc1c(Cl)nc(CCC(=O)O)n1C. The van der Waals surface area contributed by atoms with Gasteiger partial charge >= 0.3 is 5.97 Å². The fourth-order valence-electron chi connectivity index (χ4n) is 1.04. The predicted molar refractivity (Wildman–Crippen MR) is 48.9 cm³/mol. The second-order valence-corrected chi connectivity index (χ2v) is 3.22. The molecule has 0 saturated carbocycles. The number of carbonyl (C=O) groups is 1. The molecule has 0 saturated heterocycles. The minimum absolute atomic E-state index is 0.0840. The highest BCUT2D eigenvalue weighted by Gasteiger charge is 2.09. The number of aryl methyl sites for hydroxylation is 1. The van der Waals surface area contributed by atoms with Gasteiger partial charge in [-0.25, -0.2) is 4.98 Å². The smallest absolute Gasteiger partial charge is 0.303 e. The second kappa shape index (κ2) is 3.79. The van der Waals surface area contributed by atoms with Gasteiger partial charge in [0.05, 0.1) is 12.1 Å². The quantitative estimate of drug-likeness (QED) is 0.806. The van der Waals surface area contributed by atoms with Crippen molar-refractivity contribution in [3.8, 4) is 0 Å². The number of hydrogen-bond acceptors (Lipinski definition) is 2. The second-order valence-electron chi connectivity index (χ2n) is 2.86. The number of hydrogen-bond donors (Lipinski definition) is 1. The van der Waals surface area contributed by atoms with Crippen LogP contribution in [0.1, 0.15) is 17.9 Å². The van der Waals surface area contributed by atoms with Crippen molar-refractivity contribution in [3.63, 3.8) is 0 Å². The van der Waals surface area contributed by atoms with Gasteiger partial charge in [-0.3, -0.25) is 4.79 Å². The van der Waals surface area contributed by atoms with E-state index in [0.717, 1.165) is 5.69 Å². The van der Waals surface area contributed by atoms with Gasteiger partial charge in [-0.15, -0.1) is 0 Å². The van der Waals surface area contributed by atoms with Crippen molar-refractivity contribution in [3.05, 3.63) is 16.7 Å². The fourth-order valence-corrected chi connectivity index (χ4v) is 1.27. The Kier molecular flexibility index (Phi) is 2.93. The van der Waals surface area contributed by atoms with E-state index in [2.05, 4.69) is 4.98 Å². The van der Waals surface area contributed by atoms with Crippen molar-refractivity contribution in [2.45, 2.75) is 19.8 Å². The maximum atomic E-state index is 10.3. The van der Waals surface area contributed by atoms with Crippen molar-refractivity contribution < 1.29 is 9.90 Å². The lowest BCUT2D eigenvalue weighted by atomic mass is 10.3. The summed E-state index contributed by atoms with van der Waals surface area (Å²) in [7, 11) is 1.82.